The molecule has 2 N–H and O–H groups in total. The molecule has 5 heteroatoms. The monoisotopic (exact) mass is 222 g/mol. The maximum absolute atomic E-state index is 11.7. The Bertz CT molecular complexity index is 375. The van der Waals surface area contributed by atoms with Gasteiger partial charge in [-0.25, -0.2) is 4.79 Å². The van der Waals surface area contributed by atoms with Gasteiger partial charge in [-0.15, -0.1) is 0 Å². The fourth-order valence-corrected chi connectivity index (χ4v) is 1.58. The summed E-state index contributed by atoms with van der Waals surface area (Å²) in [6.07, 6.45) is 3.90. The topological polar surface area (TPSA) is 74.4 Å². The van der Waals surface area contributed by atoms with Crippen LogP contribution in [0.5, 0.6) is 0 Å². The van der Waals surface area contributed by atoms with Crippen molar-refractivity contribution < 1.29 is 14.3 Å². The van der Waals surface area contributed by atoms with Crippen LogP contribution in [-0.2, 0) is 9.47 Å². The normalized spacial score (nSPS) is 19.6. The molecule has 5 nitrogen and oxygen atoms in total. The summed E-state index contributed by atoms with van der Waals surface area (Å²) in [6.45, 7) is 1.80. The van der Waals surface area contributed by atoms with Crippen molar-refractivity contribution in [3.05, 3.63) is 24.0 Å². The first kappa shape index (κ1) is 10.9. The maximum atomic E-state index is 11.7. The highest BCUT2D eigenvalue weighted by Crippen LogP contribution is 2.15. The fourth-order valence-electron chi connectivity index (χ4n) is 1.58. The molecule has 0 saturated carbocycles. The van der Waals surface area contributed by atoms with Crippen molar-refractivity contribution in [2.45, 2.75) is 6.42 Å². The van der Waals surface area contributed by atoms with Crippen LogP contribution in [0.1, 0.15) is 16.8 Å². The molecule has 1 fully saturated rings. The second-order valence-corrected chi connectivity index (χ2v) is 3.79. The minimum atomic E-state index is -0.396. The summed E-state index contributed by atoms with van der Waals surface area (Å²) in [5, 5.41) is 0. The summed E-state index contributed by atoms with van der Waals surface area (Å²) in [4.78, 5) is 15.5. The number of pyridine rings is 1. The highest BCUT2D eigenvalue weighted by Gasteiger charge is 2.18. The van der Waals surface area contributed by atoms with Crippen molar-refractivity contribution in [1.82, 2.24) is 4.98 Å². The number of hydrogen-bond acceptors (Lipinski definition) is 5. The van der Waals surface area contributed by atoms with E-state index in [1.54, 1.807) is 6.07 Å². The quantitative estimate of drug-likeness (QED) is 0.767. The number of nitrogens with zero attached hydrogens (tertiary/aromatic N) is 1. The lowest BCUT2D eigenvalue weighted by molar-refractivity contribution is 0.0429. The molecule has 0 amide bonds. The van der Waals surface area contributed by atoms with Gasteiger partial charge in [0.25, 0.3) is 0 Å². The molecule has 0 bridgehead atoms. The lowest BCUT2D eigenvalue weighted by atomic mass is 10.1. The molecule has 1 aliphatic heterocycles. The van der Waals surface area contributed by atoms with Gasteiger partial charge in [0.15, 0.2) is 0 Å². The molecule has 0 aromatic carbocycles. The van der Waals surface area contributed by atoms with E-state index in [9.17, 15) is 4.79 Å². The molecule has 0 aliphatic carbocycles. The second-order valence-electron chi connectivity index (χ2n) is 3.79. The maximum Gasteiger partial charge on any atom is 0.340 e. The van der Waals surface area contributed by atoms with Gasteiger partial charge in [0, 0.05) is 18.7 Å². The number of carbonyl (C=O) groups excluding carboxylic acids is 1. The van der Waals surface area contributed by atoms with Crippen molar-refractivity contribution in [2.75, 3.05) is 25.6 Å². The van der Waals surface area contributed by atoms with Crippen LogP contribution in [0, 0.1) is 5.92 Å². The predicted molar refractivity (Wildman–Crippen MR) is 57.9 cm³/mol. The zero-order valence-corrected chi connectivity index (χ0v) is 8.89. The van der Waals surface area contributed by atoms with E-state index in [0.717, 1.165) is 13.0 Å². The van der Waals surface area contributed by atoms with E-state index in [1.807, 2.05) is 0 Å². The van der Waals surface area contributed by atoms with Crippen LogP contribution < -0.4 is 5.73 Å². The first-order valence-electron chi connectivity index (χ1n) is 5.21. The molecule has 1 aliphatic rings. The van der Waals surface area contributed by atoms with Crippen LogP contribution in [-0.4, -0.2) is 30.8 Å². The minimum absolute atomic E-state index is 0.312. The van der Waals surface area contributed by atoms with Gasteiger partial charge >= 0.3 is 5.97 Å². The van der Waals surface area contributed by atoms with E-state index in [4.69, 9.17) is 15.2 Å². The third-order valence-corrected chi connectivity index (χ3v) is 2.55. The molecular weight excluding hydrogens is 208 g/mol. The Morgan fingerprint density at radius 2 is 2.56 bits per heavy atom. The summed E-state index contributed by atoms with van der Waals surface area (Å²) in [5.74, 6) is -0.0844. The largest absolute Gasteiger partial charge is 0.462 e. The van der Waals surface area contributed by atoms with Crippen molar-refractivity contribution >= 4 is 11.7 Å². The van der Waals surface area contributed by atoms with Crippen LogP contribution in [0.2, 0.25) is 0 Å². The minimum Gasteiger partial charge on any atom is -0.462 e. The SMILES string of the molecule is Nc1cnccc1C(=O)OCC1CCOC1. The van der Waals surface area contributed by atoms with E-state index in [-0.39, 0.29) is 0 Å². The summed E-state index contributed by atoms with van der Waals surface area (Å²) in [7, 11) is 0. The Hall–Kier alpha value is -1.62. The molecule has 1 aromatic rings. The molecule has 86 valence electrons. The molecule has 16 heavy (non-hydrogen) atoms. The summed E-state index contributed by atoms with van der Waals surface area (Å²) >= 11 is 0. The number of anilines is 1. The second kappa shape index (κ2) is 4.94. The third-order valence-electron chi connectivity index (χ3n) is 2.55. The first-order chi connectivity index (χ1) is 7.77. The van der Waals surface area contributed by atoms with E-state index < -0.39 is 5.97 Å². The molecule has 2 rings (SSSR count). The van der Waals surface area contributed by atoms with E-state index in [2.05, 4.69) is 4.98 Å². The summed E-state index contributed by atoms with van der Waals surface area (Å²) in [5.41, 5.74) is 6.33. The average Bonchev–Trinajstić information content (AvgIpc) is 2.79. The lowest BCUT2D eigenvalue weighted by Crippen LogP contribution is -2.15. The number of nitrogen functional groups attached to an aromatic ring is 1. The van der Waals surface area contributed by atoms with Gasteiger partial charge in [-0.05, 0) is 12.5 Å². The molecule has 0 spiro atoms. The summed E-state index contributed by atoms with van der Waals surface area (Å²) < 4.78 is 10.4. The van der Waals surface area contributed by atoms with E-state index in [1.165, 1.54) is 12.4 Å². The first-order valence-corrected chi connectivity index (χ1v) is 5.21. The van der Waals surface area contributed by atoms with Gasteiger partial charge in [0.2, 0.25) is 0 Å². The van der Waals surface area contributed by atoms with Crippen LogP contribution in [0.25, 0.3) is 0 Å². The number of carbonyl (C=O) groups is 1. The van der Waals surface area contributed by atoms with Crippen molar-refractivity contribution in [3.8, 4) is 0 Å². The Kier molecular flexibility index (Phi) is 3.36. The number of rotatable bonds is 3. The van der Waals surface area contributed by atoms with Crippen LogP contribution >= 0.6 is 0 Å². The van der Waals surface area contributed by atoms with Gasteiger partial charge in [-0.1, -0.05) is 0 Å². The third kappa shape index (κ3) is 2.49. The predicted octanol–water partition coefficient (Wildman–Crippen LogP) is 0.857. The lowest BCUT2D eigenvalue weighted by Gasteiger charge is -2.09. The van der Waals surface area contributed by atoms with E-state index >= 15 is 0 Å². The van der Waals surface area contributed by atoms with Gasteiger partial charge < -0.3 is 15.2 Å². The number of esters is 1. The van der Waals surface area contributed by atoms with Gasteiger partial charge in [-0.3, -0.25) is 4.98 Å². The standard InChI is InChI=1S/C11H14N2O3/c12-10-5-13-3-1-9(10)11(14)16-7-8-2-4-15-6-8/h1,3,5,8H,2,4,6-7,12H2. The van der Waals surface area contributed by atoms with Gasteiger partial charge in [-0.2, -0.15) is 0 Å². The fraction of sp³-hybridized carbons (Fsp3) is 0.455. The van der Waals surface area contributed by atoms with E-state index in [0.29, 0.717) is 30.4 Å². The number of nitrogens with two attached hydrogens (primary N) is 1. The Labute approximate surface area is 93.6 Å². The van der Waals surface area contributed by atoms with Gasteiger partial charge in [0.1, 0.15) is 0 Å². The smallest absolute Gasteiger partial charge is 0.340 e. The molecule has 1 unspecified atom stereocenters. The highest BCUT2D eigenvalue weighted by atomic mass is 16.5. The van der Waals surface area contributed by atoms with Crippen molar-refractivity contribution in [1.29, 1.82) is 0 Å². The molecule has 1 saturated heterocycles. The Morgan fingerprint density at radius 1 is 1.69 bits per heavy atom. The molecule has 1 aromatic heterocycles. The summed E-state index contributed by atoms with van der Waals surface area (Å²) in [6, 6.07) is 1.56. The molecule has 0 radical (unpaired) electrons. The van der Waals surface area contributed by atoms with Crippen LogP contribution in [0.4, 0.5) is 5.69 Å². The molecule has 1 atom stereocenters. The molecular formula is C11H14N2O3. The van der Waals surface area contributed by atoms with Crippen molar-refractivity contribution in [2.24, 2.45) is 5.92 Å². The van der Waals surface area contributed by atoms with Crippen LogP contribution in [0.15, 0.2) is 18.5 Å². The number of ether oxygens (including phenoxy) is 2. The number of hydrogen-bond donors (Lipinski definition) is 1. The average molecular weight is 222 g/mol. The number of aromatic nitrogens is 1. The molecule has 2 heterocycles. The van der Waals surface area contributed by atoms with Gasteiger partial charge in [0.05, 0.1) is 30.7 Å². The zero-order chi connectivity index (χ0) is 11.4. The Morgan fingerprint density at radius 3 is 3.25 bits per heavy atom. The zero-order valence-electron chi connectivity index (χ0n) is 8.89. The highest BCUT2D eigenvalue weighted by molar-refractivity contribution is 5.94. The Balaban J connectivity index is 1.90. The van der Waals surface area contributed by atoms with Crippen molar-refractivity contribution in [3.63, 3.8) is 0 Å². The van der Waals surface area contributed by atoms with Crippen LogP contribution in [0.3, 0.4) is 0 Å².